The number of nitrogens with two attached hydrogens (primary N) is 1. The van der Waals surface area contributed by atoms with Crippen LogP contribution in [-0.4, -0.2) is 37.0 Å². The molecule has 1 aliphatic heterocycles. The zero-order chi connectivity index (χ0) is 14.1. The Bertz CT molecular complexity index is 542. The molecule has 1 aliphatic carbocycles. The van der Waals surface area contributed by atoms with E-state index in [4.69, 9.17) is 10.5 Å². The Kier molecular flexibility index (Phi) is 3.31. The summed E-state index contributed by atoms with van der Waals surface area (Å²) < 4.78 is 5.52. The van der Waals surface area contributed by atoms with Gasteiger partial charge >= 0.3 is 0 Å². The largest absolute Gasteiger partial charge is 0.477 e. The minimum atomic E-state index is -0.797. The molecule has 1 atom stereocenters. The van der Waals surface area contributed by atoms with E-state index < -0.39 is 12.0 Å². The second-order valence-electron chi connectivity index (χ2n) is 5.14. The average molecular weight is 275 g/mol. The second-order valence-corrected chi connectivity index (χ2v) is 5.14. The summed E-state index contributed by atoms with van der Waals surface area (Å²) in [5, 5.41) is 3.18. The van der Waals surface area contributed by atoms with Crippen LogP contribution in [0.1, 0.15) is 12.8 Å². The van der Waals surface area contributed by atoms with Gasteiger partial charge in [0.15, 0.2) is 6.10 Å². The smallest absolute Gasteiger partial charge is 0.260 e. The van der Waals surface area contributed by atoms with Crippen LogP contribution < -0.4 is 20.7 Å². The maximum absolute atomic E-state index is 12.3. The number of carbonyl (C=O) groups is 2. The van der Waals surface area contributed by atoms with Crippen molar-refractivity contribution in [2.24, 2.45) is 5.73 Å². The molecule has 2 aliphatic rings. The van der Waals surface area contributed by atoms with Crippen LogP contribution >= 0.6 is 0 Å². The van der Waals surface area contributed by atoms with Crippen LogP contribution in [0.3, 0.4) is 0 Å². The number of anilines is 1. The summed E-state index contributed by atoms with van der Waals surface area (Å²) in [4.78, 5) is 25.2. The van der Waals surface area contributed by atoms with Gasteiger partial charge in [0.25, 0.3) is 5.91 Å². The first-order valence-corrected chi connectivity index (χ1v) is 6.74. The summed E-state index contributed by atoms with van der Waals surface area (Å²) in [6.07, 6.45) is 1.45. The lowest BCUT2D eigenvalue weighted by Crippen LogP contribution is -2.51. The molecule has 1 unspecified atom stereocenters. The third-order valence-electron chi connectivity index (χ3n) is 3.51. The fraction of sp³-hybridized carbons (Fsp3) is 0.429. The van der Waals surface area contributed by atoms with Gasteiger partial charge in [0.1, 0.15) is 5.75 Å². The molecule has 3 rings (SSSR count). The number of carbonyl (C=O) groups excluding carboxylic acids is 2. The summed E-state index contributed by atoms with van der Waals surface area (Å²) in [6, 6.07) is 7.64. The SMILES string of the molecule is NC(=O)C1CN(C(=O)CNC2CC2)c2ccccc2O1. The number of nitrogens with one attached hydrogen (secondary N) is 1. The standard InChI is InChI=1S/C14H17N3O3/c15-14(19)12-8-17(13(18)7-16-9-5-6-9)10-3-1-2-4-11(10)20-12/h1-4,9,12,16H,5-8H2,(H2,15,19). The highest BCUT2D eigenvalue weighted by Crippen LogP contribution is 2.33. The van der Waals surface area contributed by atoms with Crippen molar-refractivity contribution >= 4 is 17.5 Å². The van der Waals surface area contributed by atoms with Crippen LogP contribution in [0.15, 0.2) is 24.3 Å². The third kappa shape index (κ3) is 2.60. The highest BCUT2D eigenvalue weighted by atomic mass is 16.5. The van der Waals surface area contributed by atoms with E-state index in [0.29, 0.717) is 17.5 Å². The molecule has 0 saturated heterocycles. The number of ether oxygens (including phenoxy) is 1. The van der Waals surface area contributed by atoms with Gasteiger partial charge in [-0.05, 0) is 25.0 Å². The van der Waals surface area contributed by atoms with Crippen molar-refractivity contribution < 1.29 is 14.3 Å². The molecule has 0 spiro atoms. The van der Waals surface area contributed by atoms with Crippen molar-refractivity contribution in [1.82, 2.24) is 5.32 Å². The molecule has 1 saturated carbocycles. The first-order chi connectivity index (χ1) is 9.65. The molecule has 6 heteroatoms. The number of nitrogens with zero attached hydrogens (tertiary/aromatic N) is 1. The molecular formula is C14H17N3O3. The average Bonchev–Trinajstić information content (AvgIpc) is 3.27. The maximum atomic E-state index is 12.3. The highest BCUT2D eigenvalue weighted by Gasteiger charge is 2.33. The van der Waals surface area contributed by atoms with Crippen molar-refractivity contribution in [2.75, 3.05) is 18.0 Å². The molecule has 0 aromatic heterocycles. The number of rotatable bonds is 4. The van der Waals surface area contributed by atoms with Gasteiger partial charge in [-0.25, -0.2) is 0 Å². The molecule has 1 fully saturated rings. The fourth-order valence-corrected chi connectivity index (χ4v) is 2.23. The molecule has 0 bridgehead atoms. The Balaban J connectivity index is 1.79. The Morgan fingerprint density at radius 2 is 2.10 bits per heavy atom. The minimum absolute atomic E-state index is 0.0705. The van der Waals surface area contributed by atoms with Crippen molar-refractivity contribution in [3.8, 4) is 5.75 Å². The molecular weight excluding hydrogens is 258 g/mol. The quantitative estimate of drug-likeness (QED) is 0.811. The lowest BCUT2D eigenvalue weighted by atomic mass is 10.1. The van der Waals surface area contributed by atoms with Crippen LogP contribution in [0.4, 0.5) is 5.69 Å². The Labute approximate surface area is 116 Å². The van der Waals surface area contributed by atoms with E-state index in [9.17, 15) is 9.59 Å². The normalized spacial score (nSPS) is 21.0. The van der Waals surface area contributed by atoms with Crippen LogP contribution in [0.5, 0.6) is 5.75 Å². The van der Waals surface area contributed by atoms with Crippen molar-refractivity contribution in [2.45, 2.75) is 25.0 Å². The topological polar surface area (TPSA) is 84.7 Å². The molecule has 3 N–H and O–H groups in total. The predicted octanol–water partition coefficient (Wildman–Crippen LogP) is 0.0179. The van der Waals surface area contributed by atoms with E-state index in [1.165, 1.54) is 0 Å². The van der Waals surface area contributed by atoms with Gasteiger partial charge in [0, 0.05) is 6.04 Å². The number of fused-ring (bicyclic) bond motifs is 1. The predicted molar refractivity (Wildman–Crippen MR) is 73.4 cm³/mol. The number of hydrogen-bond acceptors (Lipinski definition) is 4. The van der Waals surface area contributed by atoms with Gasteiger partial charge < -0.3 is 20.7 Å². The van der Waals surface area contributed by atoms with Gasteiger partial charge in [-0.1, -0.05) is 12.1 Å². The van der Waals surface area contributed by atoms with E-state index >= 15 is 0 Å². The maximum Gasteiger partial charge on any atom is 0.260 e. The Morgan fingerprint density at radius 1 is 1.35 bits per heavy atom. The number of amides is 2. The van der Waals surface area contributed by atoms with E-state index in [1.807, 2.05) is 12.1 Å². The van der Waals surface area contributed by atoms with Gasteiger partial charge in [-0.15, -0.1) is 0 Å². The summed E-state index contributed by atoms with van der Waals surface area (Å²) in [6.45, 7) is 0.433. The molecule has 20 heavy (non-hydrogen) atoms. The zero-order valence-corrected chi connectivity index (χ0v) is 11.0. The summed E-state index contributed by atoms with van der Waals surface area (Å²) in [7, 11) is 0. The van der Waals surface area contributed by atoms with E-state index in [-0.39, 0.29) is 19.0 Å². The van der Waals surface area contributed by atoms with E-state index in [0.717, 1.165) is 12.8 Å². The van der Waals surface area contributed by atoms with Crippen LogP contribution in [0.2, 0.25) is 0 Å². The van der Waals surface area contributed by atoms with E-state index in [1.54, 1.807) is 17.0 Å². The fourth-order valence-electron chi connectivity index (χ4n) is 2.23. The second kappa shape index (κ2) is 5.13. The number of para-hydroxylation sites is 2. The van der Waals surface area contributed by atoms with Crippen LogP contribution in [-0.2, 0) is 9.59 Å². The first-order valence-electron chi connectivity index (χ1n) is 6.74. The van der Waals surface area contributed by atoms with Gasteiger partial charge in [-0.3, -0.25) is 9.59 Å². The van der Waals surface area contributed by atoms with Crippen LogP contribution in [0.25, 0.3) is 0 Å². The third-order valence-corrected chi connectivity index (χ3v) is 3.51. The minimum Gasteiger partial charge on any atom is -0.477 e. The number of hydrogen-bond donors (Lipinski definition) is 2. The summed E-state index contributed by atoms with van der Waals surface area (Å²) in [5.74, 6) is -0.117. The van der Waals surface area contributed by atoms with Crippen LogP contribution in [0, 0.1) is 0 Å². The van der Waals surface area contributed by atoms with Crippen molar-refractivity contribution in [1.29, 1.82) is 0 Å². The zero-order valence-electron chi connectivity index (χ0n) is 11.0. The summed E-state index contributed by atoms with van der Waals surface area (Å²) >= 11 is 0. The molecule has 1 aromatic rings. The molecule has 1 heterocycles. The lowest BCUT2D eigenvalue weighted by molar-refractivity contribution is -0.125. The monoisotopic (exact) mass is 275 g/mol. The van der Waals surface area contributed by atoms with E-state index in [2.05, 4.69) is 5.32 Å². The van der Waals surface area contributed by atoms with Crippen molar-refractivity contribution in [3.05, 3.63) is 24.3 Å². The molecule has 6 nitrogen and oxygen atoms in total. The first kappa shape index (κ1) is 12.9. The Hall–Kier alpha value is -2.08. The molecule has 106 valence electrons. The van der Waals surface area contributed by atoms with Gasteiger partial charge in [0.05, 0.1) is 18.8 Å². The molecule has 1 aromatic carbocycles. The van der Waals surface area contributed by atoms with Gasteiger partial charge in [-0.2, -0.15) is 0 Å². The summed E-state index contributed by atoms with van der Waals surface area (Å²) in [5.41, 5.74) is 5.99. The molecule has 2 amide bonds. The van der Waals surface area contributed by atoms with Crippen molar-refractivity contribution in [3.63, 3.8) is 0 Å². The number of primary amides is 1. The molecule has 0 radical (unpaired) electrons. The van der Waals surface area contributed by atoms with Gasteiger partial charge in [0.2, 0.25) is 5.91 Å². The number of benzene rings is 1. The lowest BCUT2D eigenvalue weighted by Gasteiger charge is -2.33. The highest BCUT2D eigenvalue weighted by molar-refractivity contribution is 5.98. The Morgan fingerprint density at radius 3 is 2.80 bits per heavy atom.